The van der Waals surface area contributed by atoms with Crippen molar-refractivity contribution < 1.29 is 13.2 Å². The number of aromatic amines is 1. The number of carbonyl (C=O) groups excluding carboxylic acids is 1. The number of rotatable bonds is 7. The molecule has 3 aromatic rings. The Hall–Kier alpha value is -2.82. The lowest BCUT2D eigenvalue weighted by molar-refractivity contribution is -0.116. The molecule has 2 aromatic carbocycles. The van der Waals surface area contributed by atoms with Crippen LogP contribution in [0, 0.1) is 11.7 Å². The first-order valence-corrected chi connectivity index (χ1v) is 11.4. The molecule has 1 fully saturated rings. The standard InChI is InChI=1S/C20H21N5O3S2/c1-13-5-7-14(8-6-13)19-22-23-20(29)25(19)12-18(26)21-16-3-2-4-17(11-16)30(27,28)24-15-9-10-15/h2-8,11,15,24H,9-10,12H2,1H3,(H,21,26)(H,23,29). The number of aryl methyl sites for hydroxylation is 1. The lowest BCUT2D eigenvalue weighted by atomic mass is 10.1. The number of hydrogen-bond acceptors (Lipinski definition) is 5. The summed E-state index contributed by atoms with van der Waals surface area (Å²) in [6.07, 6.45) is 1.70. The Bertz CT molecular complexity index is 1240. The lowest BCUT2D eigenvalue weighted by Crippen LogP contribution is -2.26. The van der Waals surface area contributed by atoms with E-state index in [4.69, 9.17) is 12.2 Å². The highest BCUT2D eigenvalue weighted by atomic mass is 32.2. The number of aromatic nitrogens is 3. The average Bonchev–Trinajstić information content (AvgIpc) is 3.44. The molecule has 10 heteroatoms. The third-order valence-corrected chi connectivity index (χ3v) is 6.53. The molecule has 1 amide bonds. The van der Waals surface area contributed by atoms with Crippen molar-refractivity contribution in [3.05, 3.63) is 58.9 Å². The maximum Gasteiger partial charge on any atom is 0.244 e. The topological polar surface area (TPSA) is 109 Å². The zero-order valence-corrected chi connectivity index (χ0v) is 17.9. The molecule has 0 spiro atoms. The maximum atomic E-state index is 12.6. The average molecular weight is 444 g/mol. The van der Waals surface area contributed by atoms with Crippen molar-refractivity contribution >= 4 is 33.8 Å². The highest BCUT2D eigenvalue weighted by Crippen LogP contribution is 2.23. The molecule has 0 saturated heterocycles. The summed E-state index contributed by atoms with van der Waals surface area (Å²) in [5.74, 6) is 0.214. The number of carbonyl (C=O) groups is 1. The minimum Gasteiger partial charge on any atom is -0.324 e. The van der Waals surface area contributed by atoms with E-state index in [0.717, 1.165) is 24.0 Å². The van der Waals surface area contributed by atoms with Gasteiger partial charge in [0.2, 0.25) is 15.9 Å². The highest BCUT2D eigenvalue weighted by molar-refractivity contribution is 7.89. The number of H-pyrrole nitrogens is 1. The molecule has 0 radical (unpaired) electrons. The predicted molar refractivity (Wildman–Crippen MR) is 116 cm³/mol. The van der Waals surface area contributed by atoms with E-state index in [9.17, 15) is 13.2 Å². The summed E-state index contributed by atoms with van der Waals surface area (Å²) in [6.45, 7) is 1.93. The van der Waals surface area contributed by atoms with E-state index in [1.165, 1.54) is 12.1 Å². The van der Waals surface area contributed by atoms with E-state index in [2.05, 4.69) is 20.2 Å². The fourth-order valence-corrected chi connectivity index (χ4v) is 4.51. The van der Waals surface area contributed by atoms with Crippen LogP contribution in [0.3, 0.4) is 0 Å². The number of anilines is 1. The van der Waals surface area contributed by atoms with Gasteiger partial charge >= 0.3 is 0 Å². The fourth-order valence-electron chi connectivity index (χ4n) is 2.96. The van der Waals surface area contributed by atoms with Crippen LogP contribution in [0.5, 0.6) is 0 Å². The van der Waals surface area contributed by atoms with Gasteiger partial charge in [0, 0.05) is 17.3 Å². The van der Waals surface area contributed by atoms with Crippen molar-refractivity contribution in [3.8, 4) is 11.4 Å². The Morgan fingerprint density at radius 3 is 2.67 bits per heavy atom. The zero-order chi connectivity index (χ0) is 21.3. The quantitative estimate of drug-likeness (QED) is 0.487. The molecule has 0 unspecified atom stereocenters. The second-order valence-corrected chi connectivity index (χ2v) is 9.38. The van der Waals surface area contributed by atoms with Crippen LogP contribution in [0.1, 0.15) is 18.4 Å². The molecule has 1 saturated carbocycles. The van der Waals surface area contributed by atoms with E-state index < -0.39 is 10.0 Å². The van der Waals surface area contributed by atoms with Crippen LogP contribution in [0.25, 0.3) is 11.4 Å². The van der Waals surface area contributed by atoms with Crippen molar-refractivity contribution in [1.29, 1.82) is 0 Å². The molecule has 0 bridgehead atoms. The molecule has 1 aliphatic rings. The van der Waals surface area contributed by atoms with E-state index in [1.807, 2.05) is 31.2 Å². The zero-order valence-electron chi connectivity index (χ0n) is 16.3. The SMILES string of the molecule is Cc1ccc(-c2n[nH]c(=S)n2CC(=O)Nc2cccc(S(=O)(=O)NC3CC3)c2)cc1. The van der Waals surface area contributed by atoms with Gasteiger partial charge in [-0.2, -0.15) is 5.10 Å². The lowest BCUT2D eigenvalue weighted by Gasteiger charge is -2.10. The molecule has 1 aromatic heterocycles. The Labute approximate surface area is 179 Å². The van der Waals surface area contributed by atoms with Gasteiger partial charge in [-0.15, -0.1) is 0 Å². The minimum atomic E-state index is -3.60. The van der Waals surface area contributed by atoms with Crippen LogP contribution in [-0.2, 0) is 21.4 Å². The normalized spacial score (nSPS) is 13.9. The van der Waals surface area contributed by atoms with Crippen LogP contribution >= 0.6 is 12.2 Å². The van der Waals surface area contributed by atoms with Crippen molar-refractivity contribution in [3.63, 3.8) is 0 Å². The molecule has 8 nitrogen and oxygen atoms in total. The van der Waals surface area contributed by atoms with E-state index in [1.54, 1.807) is 16.7 Å². The van der Waals surface area contributed by atoms with Crippen molar-refractivity contribution in [2.75, 3.05) is 5.32 Å². The number of nitrogens with one attached hydrogen (secondary N) is 3. The van der Waals surface area contributed by atoms with E-state index in [0.29, 0.717) is 16.3 Å². The van der Waals surface area contributed by atoms with Gasteiger partial charge in [-0.3, -0.25) is 14.5 Å². The summed E-state index contributed by atoms with van der Waals surface area (Å²) in [5, 5.41) is 9.69. The molecule has 0 aliphatic heterocycles. The van der Waals surface area contributed by atoms with Crippen LogP contribution in [-0.4, -0.2) is 35.1 Å². The van der Waals surface area contributed by atoms with Gasteiger partial charge in [0.05, 0.1) is 4.90 Å². The third kappa shape index (κ3) is 4.66. The number of sulfonamides is 1. The first-order valence-electron chi connectivity index (χ1n) is 9.46. The Morgan fingerprint density at radius 1 is 1.23 bits per heavy atom. The summed E-state index contributed by atoms with van der Waals surface area (Å²) in [5.41, 5.74) is 2.34. The van der Waals surface area contributed by atoms with Gasteiger partial charge < -0.3 is 5.32 Å². The molecule has 1 heterocycles. The van der Waals surface area contributed by atoms with Crippen molar-refractivity contribution in [1.82, 2.24) is 19.5 Å². The molecule has 30 heavy (non-hydrogen) atoms. The third-order valence-electron chi connectivity index (χ3n) is 4.70. The smallest absolute Gasteiger partial charge is 0.244 e. The molecule has 156 valence electrons. The minimum absolute atomic E-state index is 0.0106. The van der Waals surface area contributed by atoms with Gasteiger partial charge in [0.1, 0.15) is 6.54 Å². The Balaban J connectivity index is 1.51. The molecule has 3 N–H and O–H groups in total. The Kier molecular flexibility index (Phi) is 5.54. The highest BCUT2D eigenvalue weighted by Gasteiger charge is 2.28. The monoisotopic (exact) mass is 443 g/mol. The van der Waals surface area contributed by atoms with Gasteiger partial charge in [-0.25, -0.2) is 13.1 Å². The summed E-state index contributed by atoms with van der Waals surface area (Å²) in [6, 6.07) is 13.9. The van der Waals surface area contributed by atoms with Gasteiger partial charge in [-0.1, -0.05) is 35.9 Å². The molecule has 4 rings (SSSR count). The van der Waals surface area contributed by atoms with Gasteiger partial charge in [-0.05, 0) is 50.2 Å². The number of benzene rings is 2. The first-order chi connectivity index (χ1) is 14.3. The van der Waals surface area contributed by atoms with E-state index in [-0.39, 0.29) is 23.4 Å². The van der Waals surface area contributed by atoms with Gasteiger partial charge in [0.15, 0.2) is 10.6 Å². The summed E-state index contributed by atoms with van der Waals surface area (Å²) in [4.78, 5) is 12.8. The second-order valence-electron chi connectivity index (χ2n) is 7.28. The predicted octanol–water partition coefficient (Wildman–Crippen LogP) is 3.00. The first kappa shape index (κ1) is 20.5. The van der Waals surface area contributed by atoms with Crippen LogP contribution in [0.4, 0.5) is 5.69 Å². The molecule has 1 aliphatic carbocycles. The van der Waals surface area contributed by atoms with Crippen LogP contribution < -0.4 is 10.0 Å². The number of hydrogen-bond donors (Lipinski definition) is 3. The number of amides is 1. The molecular weight excluding hydrogens is 422 g/mol. The summed E-state index contributed by atoms with van der Waals surface area (Å²) < 4.78 is 29.3. The van der Waals surface area contributed by atoms with Crippen molar-refractivity contribution in [2.24, 2.45) is 0 Å². The maximum absolute atomic E-state index is 12.6. The van der Waals surface area contributed by atoms with Crippen molar-refractivity contribution in [2.45, 2.75) is 37.2 Å². The fraction of sp³-hybridized carbons (Fsp3) is 0.250. The van der Waals surface area contributed by atoms with Gasteiger partial charge in [0.25, 0.3) is 0 Å². The summed E-state index contributed by atoms with van der Waals surface area (Å²) >= 11 is 5.27. The summed E-state index contributed by atoms with van der Waals surface area (Å²) in [7, 11) is -3.60. The largest absolute Gasteiger partial charge is 0.324 e. The Morgan fingerprint density at radius 2 is 1.97 bits per heavy atom. The molecular formula is C20H21N5O3S2. The van der Waals surface area contributed by atoms with E-state index >= 15 is 0 Å². The number of nitrogens with zero attached hydrogens (tertiary/aromatic N) is 2. The molecule has 0 atom stereocenters. The van der Waals surface area contributed by atoms with Crippen LogP contribution in [0.15, 0.2) is 53.4 Å². The van der Waals surface area contributed by atoms with Crippen LogP contribution in [0.2, 0.25) is 0 Å². The second kappa shape index (κ2) is 8.13.